The lowest BCUT2D eigenvalue weighted by atomic mass is 10.2. The van der Waals surface area contributed by atoms with Crippen LogP contribution in [0.3, 0.4) is 0 Å². The summed E-state index contributed by atoms with van der Waals surface area (Å²) in [6.07, 6.45) is 0. The van der Waals surface area contributed by atoms with Crippen molar-refractivity contribution >= 4 is 74.7 Å². The van der Waals surface area contributed by atoms with Crippen LogP contribution in [0.4, 0.5) is 0 Å². The van der Waals surface area contributed by atoms with E-state index in [-0.39, 0.29) is 0 Å². The van der Waals surface area contributed by atoms with E-state index in [2.05, 4.69) is 44.0 Å². The molecule has 0 amide bonds. The van der Waals surface area contributed by atoms with E-state index in [4.69, 9.17) is 9.97 Å². The van der Waals surface area contributed by atoms with Crippen LogP contribution in [-0.2, 0) is 0 Å². The Hall–Kier alpha value is -1.04. The van der Waals surface area contributed by atoms with Gasteiger partial charge in [0.05, 0.1) is 11.0 Å². The number of fused-ring (bicyclic) bond motifs is 4. The molecule has 0 saturated carbocycles. The Morgan fingerprint density at radius 3 is 2.37 bits per heavy atom. The highest BCUT2D eigenvalue weighted by Gasteiger charge is 2.11. The molecular formula is C14H6Br2N2S. The van der Waals surface area contributed by atoms with Crippen molar-refractivity contribution in [2.24, 2.45) is 0 Å². The standard InChI is InChI=1S/C14H6Br2N2S/c15-8-5-7-12(6-9(8)16)19-14-13(7)17-10-3-1-2-4-11(10)18-14/h1-6H. The van der Waals surface area contributed by atoms with Crippen LogP contribution >= 0.6 is 43.2 Å². The van der Waals surface area contributed by atoms with Gasteiger partial charge in [-0.2, -0.15) is 0 Å². The van der Waals surface area contributed by atoms with Crippen molar-refractivity contribution in [3.63, 3.8) is 0 Å². The topological polar surface area (TPSA) is 25.8 Å². The highest BCUT2D eigenvalue weighted by molar-refractivity contribution is 9.13. The van der Waals surface area contributed by atoms with Gasteiger partial charge in [-0.15, -0.1) is 11.3 Å². The van der Waals surface area contributed by atoms with Gasteiger partial charge in [0, 0.05) is 19.0 Å². The maximum absolute atomic E-state index is 4.75. The summed E-state index contributed by atoms with van der Waals surface area (Å²) in [4.78, 5) is 10.4. The second kappa shape index (κ2) is 4.23. The van der Waals surface area contributed by atoms with Crippen LogP contribution in [0.2, 0.25) is 0 Å². The molecule has 0 bridgehead atoms. The van der Waals surface area contributed by atoms with Gasteiger partial charge >= 0.3 is 0 Å². The Labute approximate surface area is 129 Å². The normalized spacial score (nSPS) is 11.7. The van der Waals surface area contributed by atoms with Crippen molar-refractivity contribution in [1.82, 2.24) is 9.97 Å². The third-order valence-corrected chi connectivity index (χ3v) is 5.90. The first-order valence-corrected chi connectivity index (χ1v) is 8.07. The van der Waals surface area contributed by atoms with Gasteiger partial charge in [0.25, 0.3) is 0 Å². The van der Waals surface area contributed by atoms with E-state index in [0.717, 1.165) is 35.7 Å². The third-order valence-electron chi connectivity index (χ3n) is 3.02. The highest BCUT2D eigenvalue weighted by Crippen LogP contribution is 2.37. The second-order valence-corrected chi connectivity index (χ2v) is 6.97. The summed E-state index contributed by atoms with van der Waals surface area (Å²) in [7, 11) is 0. The first-order valence-electron chi connectivity index (χ1n) is 5.66. The van der Waals surface area contributed by atoms with E-state index in [1.54, 1.807) is 11.3 Å². The van der Waals surface area contributed by atoms with E-state index < -0.39 is 0 Å². The van der Waals surface area contributed by atoms with Gasteiger partial charge in [-0.25, -0.2) is 9.97 Å². The summed E-state index contributed by atoms with van der Waals surface area (Å²) in [6.45, 7) is 0. The molecule has 2 aromatic carbocycles. The number of hydrogen-bond acceptors (Lipinski definition) is 3. The number of thiophene rings is 1. The number of nitrogens with zero attached hydrogens (tertiary/aromatic N) is 2. The van der Waals surface area contributed by atoms with Crippen LogP contribution in [0.5, 0.6) is 0 Å². The molecule has 0 aliphatic rings. The molecule has 0 unspecified atom stereocenters. The Morgan fingerprint density at radius 1 is 0.895 bits per heavy atom. The van der Waals surface area contributed by atoms with E-state index in [0.29, 0.717) is 0 Å². The van der Waals surface area contributed by atoms with Crippen LogP contribution in [0.25, 0.3) is 31.5 Å². The van der Waals surface area contributed by atoms with Crippen molar-refractivity contribution < 1.29 is 0 Å². The van der Waals surface area contributed by atoms with Gasteiger partial charge in [-0.05, 0) is 56.1 Å². The highest BCUT2D eigenvalue weighted by atomic mass is 79.9. The summed E-state index contributed by atoms with van der Waals surface area (Å²) in [6, 6.07) is 12.2. The second-order valence-electron chi connectivity index (χ2n) is 4.23. The molecule has 19 heavy (non-hydrogen) atoms. The molecule has 0 atom stereocenters. The molecule has 4 aromatic rings. The quantitative estimate of drug-likeness (QED) is 0.393. The Morgan fingerprint density at radius 2 is 1.58 bits per heavy atom. The van der Waals surface area contributed by atoms with Gasteiger partial charge < -0.3 is 0 Å². The molecule has 0 radical (unpaired) electrons. The molecule has 2 heterocycles. The zero-order chi connectivity index (χ0) is 13.0. The summed E-state index contributed by atoms with van der Waals surface area (Å²) < 4.78 is 3.28. The number of benzene rings is 2. The van der Waals surface area contributed by atoms with E-state index >= 15 is 0 Å². The zero-order valence-corrected chi connectivity index (χ0v) is 13.5. The molecule has 0 spiro atoms. The van der Waals surface area contributed by atoms with Gasteiger partial charge in [-0.3, -0.25) is 0 Å². The molecule has 5 heteroatoms. The lowest BCUT2D eigenvalue weighted by molar-refractivity contribution is 1.43. The number of aromatic nitrogens is 2. The van der Waals surface area contributed by atoms with Gasteiger partial charge in [0.15, 0.2) is 0 Å². The molecule has 0 aliphatic carbocycles. The van der Waals surface area contributed by atoms with Gasteiger partial charge in [-0.1, -0.05) is 12.1 Å². The SMILES string of the molecule is Brc1cc2sc3nc4ccccc4nc3c2cc1Br. The predicted octanol–water partition coefficient (Wildman–Crippen LogP) is 5.52. The molecule has 0 aliphatic heterocycles. The van der Waals surface area contributed by atoms with Crippen molar-refractivity contribution in [1.29, 1.82) is 0 Å². The van der Waals surface area contributed by atoms with Crippen LogP contribution < -0.4 is 0 Å². The first-order chi connectivity index (χ1) is 9.22. The summed E-state index contributed by atoms with van der Waals surface area (Å²) in [5.41, 5.74) is 2.86. The van der Waals surface area contributed by atoms with Gasteiger partial charge in [0.2, 0.25) is 0 Å². The minimum atomic E-state index is 0.939. The Kier molecular flexibility index (Phi) is 2.62. The van der Waals surface area contributed by atoms with E-state index in [9.17, 15) is 0 Å². The van der Waals surface area contributed by atoms with Crippen LogP contribution in [-0.4, -0.2) is 9.97 Å². The number of para-hydroxylation sites is 2. The molecule has 0 saturated heterocycles. The molecule has 4 rings (SSSR count). The molecule has 2 nitrogen and oxygen atoms in total. The fourth-order valence-electron chi connectivity index (χ4n) is 2.13. The minimum Gasteiger partial charge on any atom is -0.243 e. The summed E-state index contributed by atoms with van der Waals surface area (Å²) in [5.74, 6) is 0. The Bertz CT molecular complexity index is 946. The Balaban J connectivity index is 2.22. The zero-order valence-electron chi connectivity index (χ0n) is 9.52. The number of hydrogen-bond donors (Lipinski definition) is 0. The average molecular weight is 394 g/mol. The van der Waals surface area contributed by atoms with Crippen molar-refractivity contribution in [2.45, 2.75) is 0 Å². The van der Waals surface area contributed by atoms with Crippen LogP contribution in [0, 0.1) is 0 Å². The third kappa shape index (κ3) is 1.80. The largest absolute Gasteiger partial charge is 0.243 e. The van der Waals surface area contributed by atoms with Crippen LogP contribution in [0.1, 0.15) is 0 Å². The molecule has 0 fully saturated rings. The maximum atomic E-state index is 4.75. The fraction of sp³-hybridized carbons (Fsp3) is 0. The predicted molar refractivity (Wildman–Crippen MR) is 87.8 cm³/mol. The number of rotatable bonds is 0. The molecule has 0 N–H and O–H groups in total. The molecular weight excluding hydrogens is 388 g/mol. The first kappa shape index (κ1) is 11.8. The van der Waals surface area contributed by atoms with Crippen molar-refractivity contribution in [2.75, 3.05) is 0 Å². The van der Waals surface area contributed by atoms with Crippen molar-refractivity contribution in [3.8, 4) is 0 Å². The lowest BCUT2D eigenvalue weighted by Crippen LogP contribution is -1.83. The number of halogens is 2. The summed E-state index contributed by atoms with van der Waals surface area (Å²) in [5, 5.41) is 1.15. The minimum absolute atomic E-state index is 0.939. The summed E-state index contributed by atoms with van der Waals surface area (Å²) >= 11 is 8.76. The van der Waals surface area contributed by atoms with Crippen LogP contribution in [0.15, 0.2) is 45.3 Å². The van der Waals surface area contributed by atoms with Crippen molar-refractivity contribution in [3.05, 3.63) is 45.3 Å². The van der Waals surface area contributed by atoms with Gasteiger partial charge in [0.1, 0.15) is 10.3 Å². The van der Waals surface area contributed by atoms with E-state index in [1.165, 1.54) is 4.70 Å². The fourth-order valence-corrected chi connectivity index (χ4v) is 4.02. The average Bonchev–Trinajstić information content (AvgIpc) is 2.74. The monoisotopic (exact) mass is 392 g/mol. The molecule has 92 valence electrons. The maximum Gasteiger partial charge on any atom is 0.143 e. The molecule has 2 aromatic heterocycles. The smallest absolute Gasteiger partial charge is 0.143 e. The lowest BCUT2D eigenvalue weighted by Gasteiger charge is -1.97. The van der Waals surface area contributed by atoms with E-state index in [1.807, 2.05) is 24.3 Å².